The molecule has 2 nitrogen and oxygen atoms in total. The number of hydrogen-bond donors (Lipinski definition) is 1. The second-order valence-corrected chi connectivity index (χ2v) is 3.85. The molecule has 0 aliphatic heterocycles. The summed E-state index contributed by atoms with van der Waals surface area (Å²) in [6, 6.07) is 0.502. The summed E-state index contributed by atoms with van der Waals surface area (Å²) in [5.74, 6) is 0. The van der Waals surface area contributed by atoms with Gasteiger partial charge >= 0.3 is 0 Å². The van der Waals surface area contributed by atoms with Gasteiger partial charge in [-0.15, -0.1) is 0 Å². The molecule has 0 heterocycles. The van der Waals surface area contributed by atoms with Crippen LogP contribution in [0.1, 0.15) is 62.3 Å². The molecule has 0 aliphatic rings. The Kier molecular flexibility index (Phi) is 16.3. The smallest absolute Gasteiger partial charge is 0.0610 e. The lowest BCUT2D eigenvalue weighted by atomic mass is 10.0. The Morgan fingerprint density at radius 3 is 1.47 bits per heavy atom. The van der Waals surface area contributed by atoms with Crippen LogP contribution < -0.4 is 0 Å². The number of nitrogens with zero attached hydrogens (tertiary/aromatic N) is 1. The average Bonchev–Trinajstić information content (AvgIpc) is 2.24. The average molecular weight is 219 g/mol. The lowest BCUT2D eigenvalue weighted by Gasteiger charge is -2.39. The van der Waals surface area contributed by atoms with E-state index < -0.39 is 0 Å². The topological polar surface area (TPSA) is 23.5 Å². The summed E-state index contributed by atoms with van der Waals surface area (Å²) >= 11 is 0. The van der Waals surface area contributed by atoms with E-state index in [0.717, 1.165) is 6.54 Å². The second kappa shape index (κ2) is 12.0. The maximum atomic E-state index is 9.10. The molecule has 0 radical (unpaired) electrons. The zero-order valence-electron chi connectivity index (χ0n) is 12.4. The molecule has 0 atom stereocenters. The van der Waals surface area contributed by atoms with E-state index in [-0.39, 0.29) is 12.1 Å². The van der Waals surface area contributed by atoms with Crippen LogP contribution in [0.3, 0.4) is 0 Å². The van der Waals surface area contributed by atoms with Gasteiger partial charge in [0.1, 0.15) is 0 Å². The van der Waals surface area contributed by atoms with Crippen molar-refractivity contribution in [3.63, 3.8) is 0 Å². The van der Waals surface area contributed by atoms with E-state index in [0.29, 0.717) is 6.04 Å². The van der Waals surface area contributed by atoms with Crippen LogP contribution in [0, 0.1) is 0 Å². The Morgan fingerprint density at radius 2 is 1.40 bits per heavy atom. The normalized spacial score (nSPS) is 10.4. The highest BCUT2D eigenvalue weighted by Crippen LogP contribution is 2.15. The zero-order chi connectivity index (χ0) is 13.1. The fourth-order valence-electron chi connectivity index (χ4n) is 1.58. The van der Waals surface area contributed by atoms with Crippen LogP contribution in [0.4, 0.5) is 0 Å². The minimum absolute atomic E-state index is 0.0804. The highest BCUT2D eigenvalue weighted by Gasteiger charge is 2.26. The highest BCUT2D eigenvalue weighted by molar-refractivity contribution is 4.81. The molecule has 0 saturated heterocycles. The first-order valence-corrected chi connectivity index (χ1v) is 6.33. The van der Waals surface area contributed by atoms with Crippen LogP contribution in [0.2, 0.25) is 0 Å². The number of rotatable bonds is 4. The van der Waals surface area contributed by atoms with E-state index >= 15 is 0 Å². The third-order valence-electron chi connectivity index (χ3n) is 2.13. The van der Waals surface area contributed by atoms with Gasteiger partial charge in [0.2, 0.25) is 0 Å². The summed E-state index contributed by atoms with van der Waals surface area (Å²) in [5, 5.41) is 9.10. The monoisotopic (exact) mass is 219 g/mol. The SMILES string of the molecule is CC.CC.CCN(C(C)C)C(C)(C)CO. The molecule has 0 spiro atoms. The van der Waals surface area contributed by atoms with Crippen molar-refractivity contribution in [2.75, 3.05) is 13.2 Å². The van der Waals surface area contributed by atoms with Gasteiger partial charge in [0.25, 0.3) is 0 Å². The molecule has 0 bridgehead atoms. The predicted molar refractivity (Wildman–Crippen MR) is 71.4 cm³/mol. The molecule has 0 unspecified atom stereocenters. The van der Waals surface area contributed by atoms with Crippen molar-refractivity contribution in [2.45, 2.75) is 73.9 Å². The van der Waals surface area contributed by atoms with Gasteiger partial charge in [-0.2, -0.15) is 0 Å². The molecule has 0 aromatic carbocycles. The van der Waals surface area contributed by atoms with Crippen molar-refractivity contribution >= 4 is 0 Å². The third-order valence-corrected chi connectivity index (χ3v) is 2.13. The Hall–Kier alpha value is -0.0800. The minimum atomic E-state index is -0.0804. The summed E-state index contributed by atoms with van der Waals surface area (Å²) in [5.41, 5.74) is -0.0804. The lowest BCUT2D eigenvalue weighted by molar-refractivity contribution is 0.0377. The van der Waals surface area contributed by atoms with Crippen molar-refractivity contribution in [1.82, 2.24) is 4.90 Å². The first-order chi connectivity index (χ1) is 6.95. The van der Waals surface area contributed by atoms with Crippen LogP contribution >= 0.6 is 0 Å². The maximum absolute atomic E-state index is 9.10. The van der Waals surface area contributed by atoms with Gasteiger partial charge in [-0.25, -0.2) is 0 Å². The van der Waals surface area contributed by atoms with Gasteiger partial charge < -0.3 is 5.11 Å². The number of aliphatic hydroxyl groups excluding tert-OH is 1. The van der Waals surface area contributed by atoms with Gasteiger partial charge in [0.15, 0.2) is 0 Å². The van der Waals surface area contributed by atoms with Crippen LogP contribution in [0.15, 0.2) is 0 Å². The molecule has 1 N–H and O–H groups in total. The van der Waals surface area contributed by atoms with Crippen molar-refractivity contribution in [3.05, 3.63) is 0 Å². The molecule has 0 aromatic rings. The van der Waals surface area contributed by atoms with Gasteiger partial charge in [0, 0.05) is 11.6 Å². The molecular formula is C13H33NO. The molecule has 96 valence electrons. The van der Waals surface area contributed by atoms with Gasteiger partial charge in [0.05, 0.1) is 6.61 Å². The fourth-order valence-corrected chi connectivity index (χ4v) is 1.58. The van der Waals surface area contributed by atoms with Crippen LogP contribution in [-0.2, 0) is 0 Å². The molecule has 0 aliphatic carbocycles. The summed E-state index contributed by atoms with van der Waals surface area (Å²) < 4.78 is 0. The van der Waals surface area contributed by atoms with Crippen LogP contribution in [0.5, 0.6) is 0 Å². The third kappa shape index (κ3) is 8.88. The molecule has 2 heteroatoms. The van der Waals surface area contributed by atoms with Crippen molar-refractivity contribution in [1.29, 1.82) is 0 Å². The van der Waals surface area contributed by atoms with E-state index in [1.165, 1.54) is 0 Å². The van der Waals surface area contributed by atoms with Gasteiger partial charge in [-0.05, 0) is 34.2 Å². The quantitative estimate of drug-likeness (QED) is 0.782. The van der Waals surface area contributed by atoms with E-state index in [1.54, 1.807) is 0 Å². The fraction of sp³-hybridized carbons (Fsp3) is 1.00. The Labute approximate surface area is 97.7 Å². The highest BCUT2D eigenvalue weighted by atomic mass is 16.3. The predicted octanol–water partition coefficient (Wildman–Crippen LogP) is 3.54. The number of hydrogen-bond acceptors (Lipinski definition) is 2. The maximum Gasteiger partial charge on any atom is 0.0610 e. The largest absolute Gasteiger partial charge is 0.394 e. The molecule has 0 saturated carbocycles. The van der Waals surface area contributed by atoms with Crippen LogP contribution in [0.25, 0.3) is 0 Å². The van der Waals surface area contributed by atoms with Crippen molar-refractivity contribution in [3.8, 4) is 0 Å². The van der Waals surface area contributed by atoms with Crippen molar-refractivity contribution in [2.24, 2.45) is 0 Å². The second-order valence-electron chi connectivity index (χ2n) is 3.85. The summed E-state index contributed by atoms with van der Waals surface area (Å²) in [6.07, 6.45) is 0. The molecule has 0 rings (SSSR count). The standard InChI is InChI=1S/C9H21NO.2C2H6/c1-6-10(8(2)3)9(4,5)7-11;2*1-2/h8,11H,6-7H2,1-5H3;2*1-2H3. The Balaban J connectivity index is -0.000000318. The Bertz CT molecular complexity index is 111. The van der Waals surface area contributed by atoms with Crippen molar-refractivity contribution < 1.29 is 5.11 Å². The van der Waals surface area contributed by atoms with E-state index in [9.17, 15) is 0 Å². The van der Waals surface area contributed by atoms with E-state index in [1.807, 2.05) is 27.7 Å². The van der Waals surface area contributed by atoms with Gasteiger partial charge in [-0.1, -0.05) is 34.6 Å². The van der Waals surface area contributed by atoms with Gasteiger partial charge in [-0.3, -0.25) is 4.90 Å². The van der Waals surface area contributed by atoms with E-state index in [4.69, 9.17) is 5.11 Å². The number of aliphatic hydroxyl groups is 1. The van der Waals surface area contributed by atoms with E-state index in [2.05, 4.69) is 39.5 Å². The molecule has 0 fully saturated rings. The lowest BCUT2D eigenvalue weighted by Crippen LogP contribution is -2.50. The zero-order valence-corrected chi connectivity index (χ0v) is 12.4. The summed E-state index contributed by atoms with van der Waals surface area (Å²) in [7, 11) is 0. The first kappa shape index (κ1) is 20.3. The molecule has 0 amide bonds. The summed E-state index contributed by atoms with van der Waals surface area (Å²) in [6.45, 7) is 19.8. The van der Waals surface area contributed by atoms with Crippen LogP contribution in [-0.4, -0.2) is 34.7 Å². The number of likely N-dealkylation sites (N-methyl/N-ethyl adjacent to an activating group) is 1. The molecule has 0 aromatic heterocycles. The minimum Gasteiger partial charge on any atom is -0.394 e. The molecular weight excluding hydrogens is 186 g/mol. The summed E-state index contributed by atoms with van der Waals surface area (Å²) in [4.78, 5) is 2.28. The molecule has 15 heavy (non-hydrogen) atoms. The first-order valence-electron chi connectivity index (χ1n) is 6.33. The Morgan fingerprint density at radius 1 is 1.07 bits per heavy atom.